The van der Waals surface area contributed by atoms with Crippen molar-refractivity contribution in [3.8, 4) is 0 Å². The van der Waals surface area contributed by atoms with E-state index in [0.29, 0.717) is 29.8 Å². The number of hydrogen-bond donors (Lipinski definition) is 2. The number of hydrogen-bond acceptors (Lipinski definition) is 3. The Kier molecular flexibility index (Phi) is 6.25. The van der Waals surface area contributed by atoms with Crippen molar-refractivity contribution in [2.45, 2.75) is 45.6 Å². The number of carbonyl (C=O) groups is 3. The van der Waals surface area contributed by atoms with Crippen LogP contribution in [0.4, 0.5) is 5.69 Å². The van der Waals surface area contributed by atoms with E-state index in [4.69, 9.17) is 0 Å². The van der Waals surface area contributed by atoms with Gasteiger partial charge in [0.15, 0.2) is 0 Å². The van der Waals surface area contributed by atoms with Gasteiger partial charge in [-0.3, -0.25) is 14.4 Å². The zero-order valence-corrected chi connectivity index (χ0v) is 18.0. The molecule has 30 heavy (non-hydrogen) atoms. The van der Waals surface area contributed by atoms with Crippen LogP contribution in [-0.4, -0.2) is 41.2 Å². The Morgan fingerprint density at radius 1 is 1.07 bits per heavy atom. The Hall–Kier alpha value is -3.15. The number of nitrogens with one attached hydrogen (secondary N) is 2. The Balaban J connectivity index is 1.65. The summed E-state index contributed by atoms with van der Waals surface area (Å²) in [4.78, 5) is 39.1. The molecule has 0 saturated carbocycles. The normalized spacial score (nSPS) is 16.5. The predicted octanol–water partition coefficient (Wildman–Crippen LogP) is 3.48. The van der Waals surface area contributed by atoms with Crippen LogP contribution in [0.5, 0.6) is 0 Å². The number of benzene rings is 2. The summed E-state index contributed by atoms with van der Waals surface area (Å²) >= 11 is 0. The number of likely N-dealkylation sites (tertiary alicyclic amines) is 1. The van der Waals surface area contributed by atoms with Crippen LogP contribution >= 0.6 is 0 Å². The summed E-state index contributed by atoms with van der Waals surface area (Å²) in [5, 5.41) is 5.79. The monoisotopic (exact) mass is 407 g/mol. The minimum atomic E-state index is -0.353. The summed E-state index contributed by atoms with van der Waals surface area (Å²) < 4.78 is 0. The van der Waals surface area contributed by atoms with Gasteiger partial charge >= 0.3 is 0 Å². The number of rotatable bonds is 5. The number of nitrogens with zero attached hydrogens (tertiary/aromatic N) is 1. The molecule has 0 aliphatic carbocycles. The van der Waals surface area contributed by atoms with Crippen LogP contribution in [0.2, 0.25) is 0 Å². The largest absolute Gasteiger partial charge is 0.347 e. The van der Waals surface area contributed by atoms with Crippen LogP contribution in [0.3, 0.4) is 0 Å². The highest BCUT2D eigenvalue weighted by Crippen LogP contribution is 2.28. The molecule has 2 aromatic carbocycles. The first kappa shape index (κ1) is 21.6. The predicted molar refractivity (Wildman–Crippen MR) is 117 cm³/mol. The lowest BCUT2D eigenvalue weighted by Gasteiger charge is -2.22. The fourth-order valence-electron chi connectivity index (χ4n) is 3.66. The van der Waals surface area contributed by atoms with Crippen LogP contribution in [0.15, 0.2) is 48.5 Å². The van der Waals surface area contributed by atoms with Crippen molar-refractivity contribution < 1.29 is 14.4 Å². The summed E-state index contributed by atoms with van der Waals surface area (Å²) in [6.07, 6.45) is 0.415. The van der Waals surface area contributed by atoms with Gasteiger partial charge in [-0.25, -0.2) is 0 Å². The Morgan fingerprint density at radius 3 is 2.43 bits per heavy atom. The lowest BCUT2D eigenvalue weighted by atomic mass is 9.99. The maximum absolute atomic E-state index is 12.6. The van der Waals surface area contributed by atoms with Crippen molar-refractivity contribution in [1.29, 1.82) is 0 Å². The Bertz CT molecular complexity index is 948. The van der Waals surface area contributed by atoms with Gasteiger partial charge in [-0.05, 0) is 51.0 Å². The zero-order chi connectivity index (χ0) is 21.9. The van der Waals surface area contributed by atoms with E-state index < -0.39 is 0 Å². The third-order valence-corrected chi connectivity index (χ3v) is 5.16. The van der Waals surface area contributed by atoms with E-state index in [2.05, 4.69) is 10.6 Å². The minimum absolute atomic E-state index is 0.0000219. The van der Waals surface area contributed by atoms with Crippen molar-refractivity contribution >= 4 is 23.4 Å². The molecule has 0 aromatic heterocycles. The molecule has 1 aliphatic heterocycles. The van der Waals surface area contributed by atoms with Gasteiger partial charge in [0, 0.05) is 35.7 Å². The second-order valence-electron chi connectivity index (χ2n) is 8.82. The smallest absolute Gasteiger partial charge is 0.252 e. The average Bonchev–Trinajstić information content (AvgIpc) is 3.03. The molecule has 2 N–H and O–H groups in total. The van der Waals surface area contributed by atoms with E-state index in [1.165, 1.54) is 0 Å². The van der Waals surface area contributed by atoms with Gasteiger partial charge in [0.2, 0.25) is 11.8 Å². The third-order valence-electron chi connectivity index (χ3n) is 5.16. The molecule has 2 aromatic rings. The molecule has 1 saturated heterocycles. The maximum atomic E-state index is 12.6. The standard InChI is InChI=1S/C24H29N3O3/c1-16-19(23(30)26-24(2,3)4)11-8-12-20(16)25-21(28)15-27-14-18(13-22(27)29)17-9-6-5-7-10-17/h5-12,18H,13-15H2,1-4H3,(H,25,28)(H,26,30). The summed E-state index contributed by atoms with van der Waals surface area (Å²) in [6, 6.07) is 15.1. The van der Waals surface area contributed by atoms with Gasteiger partial charge in [0.1, 0.15) is 0 Å². The van der Waals surface area contributed by atoms with E-state index >= 15 is 0 Å². The van der Waals surface area contributed by atoms with Crippen LogP contribution in [0.1, 0.15) is 54.6 Å². The van der Waals surface area contributed by atoms with Crippen LogP contribution in [0, 0.1) is 6.92 Å². The quantitative estimate of drug-likeness (QED) is 0.797. The number of anilines is 1. The molecular weight excluding hydrogens is 378 g/mol. The fourth-order valence-corrected chi connectivity index (χ4v) is 3.66. The van der Waals surface area contributed by atoms with Crippen LogP contribution in [0.25, 0.3) is 0 Å². The molecule has 3 amide bonds. The first-order chi connectivity index (χ1) is 14.1. The summed E-state index contributed by atoms with van der Waals surface area (Å²) in [5.74, 6) is -0.364. The highest BCUT2D eigenvalue weighted by molar-refractivity contribution is 6.00. The average molecular weight is 408 g/mol. The molecule has 1 heterocycles. The maximum Gasteiger partial charge on any atom is 0.252 e. The molecule has 6 nitrogen and oxygen atoms in total. The van der Waals surface area contributed by atoms with E-state index in [0.717, 1.165) is 5.56 Å². The second kappa shape index (κ2) is 8.69. The molecule has 0 radical (unpaired) electrons. The molecule has 1 aliphatic rings. The molecule has 1 fully saturated rings. The first-order valence-electron chi connectivity index (χ1n) is 10.2. The second-order valence-corrected chi connectivity index (χ2v) is 8.82. The fraction of sp³-hybridized carbons (Fsp3) is 0.375. The molecule has 3 rings (SSSR count). The highest BCUT2D eigenvalue weighted by Gasteiger charge is 2.31. The molecule has 1 unspecified atom stereocenters. The third kappa shape index (κ3) is 5.26. The van der Waals surface area contributed by atoms with Crippen molar-refractivity contribution in [3.05, 3.63) is 65.2 Å². The SMILES string of the molecule is Cc1c(NC(=O)CN2CC(c3ccccc3)CC2=O)cccc1C(=O)NC(C)(C)C. The van der Waals surface area contributed by atoms with Crippen molar-refractivity contribution in [2.75, 3.05) is 18.4 Å². The number of amides is 3. The first-order valence-corrected chi connectivity index (χ1v) is 10.2. The van der Waals surface area contributed by atoms with Gasteiger partial charge < -0.3 is 15.5 Å². The molecule has 158 valence electrons. The van der Waals surface area contributed by atoms with Gasteiger partial charge in [-0.1, -0.05) is 36.4 Å². The van der Waals surface area contributed by atoms with E-state index in [9.17, 15) is 14.4 Å². The zero-order valence-electron chi connectivity index (χ0n) is 18.0. The Labute approximate surface area is 177 Å². The lowest BCUT2D eigenvalue weighted by molar-refractivity contribution is -0.131. The summed E-state index contributed by atoms with van der Waals surface area (Å²) in [7, 11) is 0. The Morgan fingerprint density at radius 2 is 1.77 bits per heavy atom. The van der Waals surface area contributed by atoms with Gasteiger partial charge in [0.05, 0.1) is 6.54 Å². The molecule has 6 heteroatoms. The van der Waals surface area contributed by atoms with Crippen molar-refractivity contribution in [3.63, 3.8) is 0 Å². The topological polar surface area (TPSA) is 78.5 Å². The highest BCUT2D eigenvalue weighted by atomic mass is 16.2. The summed E-state index contributed by atoms with van der Waals surface area (Å²) in [5.41, 5.74) is 2.55. The lowest BCUT2D eigenvalue weighted by Crippen LogP contribution is -2.41. The van der Waals surface area contributed by atoms with Crippen LogP contribution < -0.4 is 10.6 Å². The molecule has 1 atom stereocenters. The molecule has 0 bridgehead atoms. The van der Waals surface area contributed by atoms with E-state index in [1.54, 1.807) is 30.0 Å². The molecular formula is C24H29N3O3. The van der Waals surface area contributed by atoms with Gasteiger partial charge in [-0.15, -0.1) is 0 Å². The van der Waals surface area contributed by atoms with Gasteiger partial charge in [-0.2, -0.15) is 0 Å². The number of carbonyl (C=O) groups excluding carboxylic acids is 3. The molecule has 0 spiro atoms. The van der Waals surface area contributed by atoms with Gasteiger partial charge in [0.25, 0.3) is 5.91 Å². The summed E-state index contributed by atoms with van der Waals surface area (Å²) in [6.45, 7) is 8.09. The minimum Gasteiger partial charge on any atom is -0.347 e. The van der Waals surface area contributed by atoms with E-state index in [1.807, 2.05) is 51.1 Å². The van der Waals surface area contributed by atoms with Crippen molar-refractivity contribution in [1.82, 2.24) is 10.2 Å². The van der Waals surface area contributed by atoms with Crippen molar-refractivity contribution in [2.24, 2.45) is 0 Å². The van der Waals surface area contributed by atoms with E-state index in [-0.39, 0.29) is 35.7 Å². The van der Waals surface area contributed by atoms with Crippen LogP contribution in [-0.2, 0) is 9.59 Å².